The van der Waals surface area contributed by atoms with Crippen molar-refractivity contribution in [3.05, 3.63) is 89.5 Å². The molecule has 1 saturated heterocycles. The molecule has 0 amide bonds. The molecule has 0 radical (unpaired) electrons. The number of aromatic nitrogens is 1. The summed E-state index contributed by atoms with van der Waals surface area (Å²) in [6.45, 7) is 5.19. The standard InChI is InChI=1S/C29H32N4O2S2/c34-37(35,26-6-2-1-3-7-26)31-25-13-12-23-20-22(10-11-24(23)21-25)14-15-32-16-18-33(19-17-32)29-27-8-4-5-9-28(27)36-30-29/h1-11,20,25,31H,12-19,21H2. The fraction of sp³-hybridized carbons (Fsp3) is 0.345. The first kappa shape index (κ1) is 24.6. The molecule has 1 fully saturated rings. The summed E-state index contributed by atoms with van der Waals surface area (Å²) in [5.41, 5.74) is 4.00. The molecule has 0 bridgehead atoms. The molecule has 1 aliphatic heterocycles. The average Bonchev–Trinajstić information content (AvgIpc) is 3.37. The molecule has 2 aliphatic rings. The number of hydrogen-bond donors (Lipinski definition) is 1. The monoisotopic (exact) mass is 532 g/mol. The van der Waals surface area contributed by atoms with E-state index in [1.807, 2.05) is 6.07 Å². The first-order valence-corrected chi connectivity index (χ1v) is 15.3. The first-order valence-electron chi connectivity index (χ1n) is 13.0. The number of anilines is 1. The largest absolute Gasteiger partial charge is 0.353 e. The third-order valence-corrected chi connectivity index (χ3v) is 9.97. The zero-order valence-corrected chi connectivity index (χ0v) is 22.5. The molecule has 6 rings (SSSR count). The highest BCUT2D eigenvalue weighted by Gasteiger charge is 2.25. The lowest BCUT2D eigenvalue weighted by molar-refractivity contribution is 0.260. The van der Waals surface area contributed by atoms with E-state index in [1.54, 1.807) is 35.8 Å². The van der Waals surface area contributed by atoms with Crippen LogP contribution in [-0.2, 0) is 29.3 Å². The van der Waals surface area contributed by atoms with Crippen molar-refractivity contribution in [2.75, 3.05) is 37.6 Å². The second-order valence-electron chi connectivity index (χ2n) is 10.1. The first-order chi connectivity index (χ1) is 18.0. The molecule has 1 aromatic heterocycles. The van der Waals surface area contributed by atoms with Crippen LogP contribution in [0.5, 0.6) is 0 Å². The Morgan fingerprint density at radius 2 is 1.70 bits per heavy atom. The van der Waals surface area contributed by atoms with Crippen LogP contribution >= 0.6 is 11.5 Å². The minimum Gasteiger partial charge on any atom is -0.353 e. The van der Waals surface area contributed by atoms with E-state index in [1.165, 1.54) is 26.8 Å². The van der Waals surface area contributed by atoms with Gasteiger partial charge < -0.3 is 4.90 Å². The van der Waals surface area contributed by atoms with Crippen molar-refractivity contribution >= 4 is 37.5 Å². The van der Waals surface area contributed by atoms with Crippen LogP contribution in [0.2, 0.25) is 0 Å². The van der Waals surface area contributed by atoms with Crippen LogP contribution in [0.15, 0.2) is 77.7 Å². The number of nitrogens with zero attached hydrogens (tertiary/aromatic N) is 3. The third-order valence-electron chi connectivity index (χ3n) is 7.62. The van der Waals surface area contributed by atoms with Gasteiger partial charge in [0.25, 0.3) is 0 Å². The summed E-state index contributed by atoms with van der Waals surface area (Å²) in [5, 5.41) is 1.27. The van der Waals surface area contributed by atoms with Gasteiger partial charge in [0.05, 0.1) is 9.60 Å². The quantitative estimate of drug-likeness (QED) is 0.380. The molecule has 0 spiro atoms. The molecule has 1 unspecified atom stereocenters. The van der Waals surface area contributed by atoms with Gasteiger partial charge in [0.2, 0.25) is 10.0 Å². The second kappa shape index (κ2) is 10.5. The Labute approximate surface area is 223 Å². The summed E-state index contributed by atoms with van der Waals surface area (Å²) in [7, 11) is -3.48. The third kappa shape index (κ3) is 5.43. The molecular weight excluding hydrogens is 500 g/mol. The summed E-state index contributed by atoms with van der Waals surface area (Å²) in [6, 6.07) is 23.9. The van der Waals surface area contributed by atoms with Crippen molar-refractivity contribution in [3.63, 3.8) is 0 Å². The summed E-state index contributed by atoms with van der Waals surface area (Å²) in [4.78, 5) is 5.31. The summed E-state index contributed by atoms with van der Waals surface area (Å²) in [6.07, 6.45) is 3.52. The number of rotatable bonds is 7. The van der Waals surface area contributed by atoms with Crippen molar-refractivity contribution in [3.8, 4) is 0 Å². The Balaban J connectivity index is 1.01. The number of fused-ring (bicyclic) bond motifs is 2. The lowest BCUT2D eigenvalue weighted by atomic mass is 9.87. The maximum atomic E-state index is 12.7. The van der Waals surface area contributed by atoms with Crippen LogP contribution in [0.4, 0.5) is 5.82 Å². The number of piperazine rings is 1. The van der Waals surface area contributed by atoms with Gasteiger partial charge >= 0.3 is 0 Å². The summed E-state index contributed by atoms with van der Waals surface area (Å²) < 4.78 is 34.4. The fourth-order valence-electron chi connectivity index (χ4n) is 5.52. The van der Waals surface area contributed by atoms with Crippen LogP contribution in [0.25, 0.3) is 10.1 Å². The Bertz CT molecular complexity index is 1480. The fourth-order valence-corrected chi connectivity index (χ4v) is 7.61. The van der Waals surface area contributed by atoms with Gasteiger partial charge in [0.15, 0.2) is 0 Å². The number of aryl methyl sites for hydroxylation is 1. The number of benzene rings is 3. The lowest BCUT2D eigenvalue weighted by Gasteiger charge is -2.35. The van der Waals surface area contributed by atoms with Gasteiger partial charge in [0.1, 0.15) is 5.82 Å². The maximum Gasteiger partial charge on any atom is 0.240 e. The highest BCUT2D eigenvalue weighted by Crippen LogP contribution is 2.30. The van der Waals surface area contributed by atoms with Gasteiger partial charge in [0, 0.05) is 44.2 Å². The number of nitrogens with one attached hydrogen (secondary N) is 1. The highest BCUT2D eigenvalue weighted by molar-refractivity contribution is 7.89. The molecule has 2 heterocycles. The molecule has 0 saturated carbocycles. The molecular formula is C29H32N4O2S2. The maximum absolute atomic E-state index is 12.7. The van der Waals surface area contributed by atoms with Crippen molar-refractivity contribution in [2.24, 2.45) is 0 Å². The topological polar surface area (TPSA) is 65.5 Å². The van der Waals surface area contributed by atoms with Gasteiger partial charge in [-0.15, -0.1) is 0 Å². The molecule has 8 heteroatoms. The Morgan fingerprint density at radius 3 is 2.54 bits per heavy atom. The molecule has 192 valence electrons. The summed E-state index contributed by atoms with van der Waals surface area (Å²) >= 11 is 1.59. The van der Waals surface area contributed by atoms with E-state index in [9.17, 15) is 8.42 Å². The van der Waals surface area contributed by atoms with Crippen LogP contribution in [-0.4, -0.2) is 56.5 Å². The van der Waals surface area contributed by atoms with E-state index in [-0.39, 0.29) is 6.04 Å². The minimum absolute atomic E-state index is 0.0605. The highest BCUT2D eigenvalue weighted by atomic mass is 32.2. The zero-order valence-electron chi connectivity index (χ0n) is 20.8. The second-order valence-corrected chi connectivity index (χ2v) is 12.6. The average molecular weight is 533 g/mol. The Morgan fingerprint density at radius 1 is 0.919 bits per heavy atom. The molecule has 4 aromatic rings. The van der Waals surface area contributed by atoms with Crippen molar-refractivity contribution in [2.45, 2.75) is 36.6 Å². The normalized spacial score (nSPS) is 18.7. The van der Waals surface area contributed by atoms with Gasteiger partial charge in [-0.2, -0.15) is 4.37 Å². The van der Waals surface area contributed by atoms with Gasteiger partial charge in [-0.25, -0.2) is 13.1 Å². The van der Waals surface area contributed by atoms with E-state index < -0.39 is 10.0 Å². The van der Waals surface area contributed by atoms with Crippen molar-refractivity contribution in [1.82, 2.24) is 14.0 Å². The Hall–Kier alpha value is -2.78. The predicted octanol–water partition coefficient (Wildman–Crippen LogP) is 4.50. The van der Waals surface area contributed by atoms with Crippen LogP contribution < -0.4 is 9.62 Å². The lowest BCUT2D eigenvalue weighted by Crippen LogP contribution is -2.47. The van der Waals surface area contributed by atoms with Gasteiger partial charge in [-0.1, -0.05) is 48.5 Å². The van der Waals surface area contributed by atoms with Crippen molar-refractivity contribution < 1.29 is 8.42 Å². The molecule has 1 N–H and O–H groups in total. The van der Waals surface area contributed by atoms with Crippen LogP contribution in [0.1, 0.15) is 23.1 Å². The predicted molar refractivity (Wildman–Crippen MR) is 151 cm³/mol. The van der Waals surface area contributed by atoms with Gasteiger partial charge in [-0.3, -0.25) is 4.90 Å². The summed E-state index contributed by atoms with van der Waals surface area (Å²) in [5.74, 6) is 1.14. The van der Waals surface area contributed by atoms with Crippen LogP contribution in [0, 0.1) is 0 Å². The van der Waals surface area contributed by atoms with Crippen molar-refractivity contribution in [1.29, 1.82) is 0 Å². The molecule has 37 heavy (non-hydrogen) atoms. The zero-order chi connectivity index (χ0) is 25.2. The smallest absolute Gasteiger partial charge is 0.240 e. The number of hydrogen-bond acceptors (Lipinski definition) is 6. The SMILES string of the molecule is O=S(=O)(NC1CCc2cc(CCN3CCN(c4nsc5ccccc45)CC3)ccc2C1)c1ccccc1. The minimum atomic E-state index is -3.48. The van der Waals surface area contributed by atoms with E-state index in [0.29, 0.717) is 4.90 Å². The van der Waals surface area contributed by atoms with E-state index >= 15 is 0 Å². The van der Waals surface area contributed by atoms with E-state index in [4.69, 9.17) is 4.37 Å². The molecule has 6 nitrogen and oxygen atoms in total. The Kier molecular flexibility index (Phi) is 6.99. The molecule has 3 aromatic carbocycles. The number of sulfonamides is 1. The van der Waals surface area contributed by atoms with E-state index in [0.717, 1.165) is 64.2 Å². The molecule has 1 atom stereocenters. The van der Waals surface area contributed by atoms with E-state index in [2.05, 4.69) is 57.0 Å². The molecule has 1 aliphatic carbocycles. The van der Waals surface area contributed by atoms with Gasteiger partial charge in [-0.05, 0) is 78.2 Å². The van der Waals surface area contributed by atoms with Crippen LogP contribution in [0.3, 0.4) is 0 Å².